The van der Waals surface area contributed by atoms with Crippen LogP contribution in [0.25, 0.3) is 5.30 Å². The number of nitro benzene ring substituents is 3. The van der Waals surface area contributed by atoms with Gasteiger partial charge in [-0.15, -0.1) is 0 Å². The highest BCUT2D eigenvalue weighted by atomic mass is 31.1. The van der Waals surface area contributed by atoms with Crippen molar-refractivity contribution in [3.8, 4) is 5.30 Å². The Morgan fingerprint density at radius 2 is 1.35 bits per heavy atom. The van der Waals surface area contributed by atoms with Crippen LogP contribution in [0.5, 0.6) is 0 Å². The van der Waals surface area contributed by atoms with Crippen molar-refractivity contribution in [2.75, 3.05) is 0 Å². The summed E-state index contributed by atoms with van der Waals surface area (Å²) >= 11 is 0. The SMILES string of the molecule is O=[N+]([O-])c1ccc(-p2cccc2)c([N+](=O)[O-])c1[N+](=O)[O-]. The molecule has 0 aliphatic rings. The molecule has 10 heteroatoms. The van der Waals surface area contributed by atoms with Gasteiger partial charge in [-0.3, -0.25) is 30.3 Å². The Morgan fingerprint density at radius 3 is 1.80 bits per heavy atom. The molecule has 102 valence electrons. The Balaban J connectivity index is 2.86. The van der Waals surface area contributed by atoms with Crippen molar-refractivity contribution >= 4 is 24.6 Å². The molecule has 1 aromatic heterocycles. The smallest absolute Gasteiger partial charge is 0.258 e. The van der Waals surface area contributed by atoms with Gasteiger partial charge in [-0.1, -0.05) is 19.7 Å². The molecule has 0 radical (unpaired) electrons. The zero-order chi connectivity index (χ0) is 14.9. The van der Waals surface area contributed by atoms with Crippen LogP contribution in [-0.2, 0) is 0 Å². The van der Waals surface area contributed by atoms with Gasteiger partial charge in [-0.2, -0.15) is 0 Å². The summed E-state index contributed by atoms with van der Waals surface area (Å²) in [6, 6.07) is 5.48. The predicted molar refractivity (Wildman–Crippen MR) is 70.5 cm³/mol. The predicted octanol–water partition coefficient (Wildman–Crippen LogP) is 3.39. The molecule has 0 amide bonds. The third kappa shape index (κ3) is 2.21. The van der Waals surface area contributed by atoms with Crippen LogP contribution < -0.4 is 0 Å². The summed E-state index contributed by atoms with van der Waals surface area (Å²) < 4.78 is 0. The molecule has 0 spiro atoms. The minimum absolute atomic E-state index is 0.118. The van der Waals surface area contributed by atoms with Crippen molar-refractivity contribution in [1.29, 1.82) is 0 Å². The van der Waals surface area contributed by atoms with Crippen LogP contribution in [-0.4, -0.2) is 14.8 Å². The normalized spacial score (nSPS) is 10.2. The second-order valence-electron chi connectivity index (χ2n) is 3.66. The lowest BCUT2D eigenvalue weighted by Gasteiger charge is -2.02. The van der Waals surface area contributed by atoms with Crippen LogP contribution in [0.4, 0.5) is 17.1 Å². The molecule has 0 N–H and O–H groups in total. The second-order valence-corrected chi connectivity index (χ2v) is 5.56. The van der Waals surface area contributed by atoms with Gasteiger partial charge in [0.15, 0.2) is 0 Å². The maximum atomic E-state index is 11.1. The first-order valence-electron chi connectivity index (χ1n) is 5.17. The van der Waals surface area contributed by atoms with E-state index in [0.29, 0.717) is 0 Å². The molecule has 2 rings (SSSR count). The number of benzene rings is 1. The molecule has 20 heavy (non-hydrogen) atoms. The van der Waals surface area contributed by atoms with E-state index >= 15 is 0 Å². The molecule has 0 saturated heterocycles. The van der Waals surface area contributed by atoms with Gasteiger partial charge >= 0.3 is 17.1 Å². The molecule has 1 heterocycles. The standard InChI is InChI=1S/C10H6N3O6P/c14-11(15)7-3-4-8(20-5-1-2-6-20)10(13(18)19)9(7)12(16)17/h1-6H. The Labute approximate surface area is 112 Å². The van der Waals surface area contributed by atoms with Crippen molar-refractivity contribution in [1.82, 2.24) is 0 Å². The van der Waals surface area contributed by atoms with Crippen LogP contribution >= 0.6 is 7.53 Å². The summed E-state index contributed by atoms with van der Waals surface area (Å²) in [7, 11) is -1.20. The first kappa shape index (κ1) is 13.6. The lowest BCUT2D eigenvalue weighted by molar-refractivity contribution is -0.440. The molecule has 0 unspecified atom stereocenters. The highest BCUT2D eigenvalue weighted by Crippen LogP contribution is 2.50. The molecule has 0 atom stereocenters. The number of nitro groups is 3. The van der Waals surface area contributed by atoms with Gasteiger partial charge in [0.25, 0.3) is 0 Å². The molecular weight excluding hydrogens is 289 g/mol. The van der Waals surface area contributed by atoms with Gasteiger partial charge in [0.05, 0.1) is 20.1 Å². The fraction of sp³-hybridized carbons (Fsp3) is 0. The summed E-state index contributed by atoms with van der Waals surface area (Å²) in [5.41, 5.74) is -2.77. The van der Waals surface area contributed by atoms with E-state index in [4.69, 9.17) is 0 Å². The zero-order valence-corrected chi connectivity index (χ0v) is 10.6. The second kappa shape index (κ2) is 5.06. The van der Waals surface area contributed by atoms with Gasteiger partial charge in [0.1, 0.15) is 0 Å². The molecule has 0 saturated carbocycles. The summed E-state index contributed by atoms with van der Waals surface area (Å²) in [6.07, 6.45) is 0. The third-order valence-corrected chi connectivity index (χ3v) is 4.46. The van der Waals surface area contributed by atoms with Crippen LogP contribution in [0.1, 0.15) is 0 Å². The van der Waals surface area contributed by atoms with E-state index in [2.05, 4.69) is 0 Å². The molecule has 9 nitrogen and oxygen atoms in total. The Morgan fingerprint density at radius 1 is 0.800 bits per heavy atom. The van der Waals surface area contributed by atoms with Crippen molar-refractivity contribution in [2.45, 2.75) is 0 Å². The summed E-state index contributed by atoms with van der Waals surface area (Å²) in [4.78, 5) is 29.9. The minimum Gasteiger partial charge on any atom is -0.258 e. The Bertz CT molecular complexity index is 712. The van der Waals surface area contributed by atoms with E-state index in [1.807, 2.05) is 0 Å². The molecular formula is C10H6N3O6P. The fourth-order valence-corrected chi connectivity index (χ4v) is 3.44. The summed E-state index contributed by atoms with van der Waals surface area (Å²) in [5, 5.41) is 33.0. The number of nitrogens with zero attached hydrogens (tertiary/aromatic N) is 3. The van der Waals surface area contributed by atoms with E-state index in [1.54, 1.807) is 23.7 Å². The fourth-order valence-electron chi connectivity index (χ4n) is 1.77. The van der Waals surface area contributed by atoms with E-state index in [-0.39, 0.29) is 5.30 Å². The van der Waals surface area contributed by atoms with E-state index in [0.717, 1.165) is 6.07 Å². The van der Waals surface area contributed by atoms with Gasteiger partial charge < -0.3 is 0 Å². The first-order chi connectivity index (χ1) is 9.43. The highest BCUT2D eigenvalue weighted by Gasteiger charge is 2.38. The van der Waals surface area contributed by atoms with E-state index in [1.165, 1.54) is 6.07 Å². The van der Waals surface area contributed by atoms with Gasteiger partial charge in [0, 0.05) is 6.07 Å². The van der Waals surface area contributed by atoms with Crippen molar-refractivity contribution in [3.63, 3.8) is 0 Å². The number of rotatable bonds is 4. The molecule has 0 fully saturated rings. The van der Waals surface area contributed by atoms with Crippen LogP contribution in [0, 0.1) is 30.3 Å². The molecule has 0 bridgehead atoms. The number of hydrogen-bond donors (Lipinski definition) is 0. The molecule has 0 aliphatic heterocycles. The van der Waals surface area contributed by atoms with Crippen LogP contribution in [0.15, 0.2) is 35.9 Å². The van der Waals surface area contributed by atoms with Crippen molar-refractivity contribution in [2.24, 2.45) is 0 Å². The summed E-state index contributed by atoms with van der Waals surface area (Å²) in [6.45, 7) is 0. The topological polar surface area (TPSA) is 129 Å². The van der Waals surface area contributed by atoms with Gasteiger partial charge in [-0.25, -0.2) is 0 Å². The quantitative estimate of drug-likeness (QED) is 0.627. The number of hydrogen-bond acceptors (Lipinski definition) is 6. The maximum Gasteiger partial charge on any atom is 0.423 e. The lowest BCUT2D eigenvalue weighted by Crippen LogP contribution is -2.02. The highest BCUT2D eigenvalue weighted by molar-refractivity contribution is 7.56. The van der Waals surface area contributed by atoms with Crippen molar-refractivity contribution < 1.29 is 14.8 Å². The minimum atomic E-state index is -1.20. The molecule has 0 aliphatic carbocycles. The van der Waals surface area contributed by atoms with Gasteiger partial charge in [-0.05, 0) is 17.7 Å². The van der Waals surface area contributed by atoms with Gasteiger partial charge in [0.2, 0.25) is 0 Å². The lowest BCUT2D eigenvalue weighted by atomic mass is 10.2. The summed E-state index contributed by atoms with van der Waals surface area (Å²) in [5.74, 6) is 3.35. The molecule has 1 aromatic carbocycles. The van der Waals surface area contributed by atoms with Crippen LogP contribution in [0.2, 0.25) is 0 Å². The average Bonchev–Trinajstić information content (AvgIpc) is 2.90. The zero-order valence-electron chi connectivity index (χ0n) is 9.70. The van der Waals surface area contributed by atoms with Crippen molar-refractivity contribution in [3.05, 3.63) is 66.2 Å². The Hall–Kier alpha value is -2.80. The largest absolute Gasteiger partial charge is 0.423 e. The average molecular weight is 295 g/mol. The van der Waals surface area contributed by atoms with E-state index < -0.39 is 39.4 Å². The van der Waals surface area contributed by atoms with Crippen LogP contribution in [0.3, 0.4) is 0 Å². The maximum absolute atomic E-state index is 11.1. The molecule has 2 aromatic rings. The Kier molecular flexibility index (Phi) is 3.45. The monoisotopic (exact) mass is 295 g/mol. The first-order valence-corrected chi connectivity index (χ1v) is 6.65. The van der Waals surface area contributed by atoms with E-state index in [9.17, 15) is 30.3 Å². The third-order valence-electron chi connectivity index (χ3n) is 2.55.